The van der Waals surface area contributed by atoms with Gasteiger partial charge in [-0.05, 0) is 65.7 Å². The third-order valence-electron chi connectivity index (χ3n) is 7.86. The van der Waals surface area contributed by atoms with Crippen molar-refractivity contribution in [2.24, 2.45) is 0 Å². The van der Waals surface area contributed by atoms with Gasteiger partial charge in [0.05, 0.1) is 37.0 Å². The molecule has 3 aromatic heterocycles. The second-order valence-corrected chi connectivity index (χ2v) is 12.9. The summed E-state index contributed by atoms with van der Waals surface area (Å²) < 4.78 is 35.0. The first-order valence-electron chi connectivity index (χ1n) is 15.2. The fourth-order valence-electron chi connectivity index (χ4n) is 5.52. The quantitative estimate of drug-likeness (QED) is 0.234. The van der Waals surface area contributed by atoms with Crippen LogP contribution in [0.5, 0.6) is 5.75 Å². The molecule has 2 N–H and O–H groups in total. The molecule has 1 aliphatic rings. The van der Waals surface area contributed by atoms with E-state index in [0.29, 0.717) is 47.0 Å². The van der Waals surface area contributed by atoms with Crippen LogP contribution >= 0.6 is 11.3 Å². The van der Waals surface area contributed by atoms with Crippen molar-refractivity contribution in [2.75, 3.05) is 26.4 Å². The molecule has 1 amide bonds. The molecule has 5 rings (SSSR count). The molecule has 0 spiro atoms. The molecule has 0 bridgehead atoms. The summed E-state index contributed by atoms with van der Waals surface area (Å²) in [7, 11) is 0. The van der Waals surface area contributed by atoms with E-state index in [1.165, 1.54) is 53.8 Å². The van der Waals surface area contributed by atoms with E-state index in [4.69, 9.17) is 14.2 Å². The van der Waals surface area contributed by atoms with Crippen molar-refractivity contribution in [2.45, 2.75) is 77.8 Å². The molecule has 248 valence electrons. The number of nitrogens with zero attached hydrogens (tertiary/aromatic N) is 5. The van der Waals surface area contributed by atoms with E-state index in [2.05, 4.69) is 15.5 Å². The molecule has 15 heteroatoms. The summed E-state index contributed by atoms with van der Waals surface area (Å²) in [5, 5.41) is 21.5. The number of halogens is 1. The van der Waals surface area contributed by atoms with Gasteiger partial charge in [0.1, 0.15) is 39.6 Å². The third kappa shape index (κ3) is 6.63. The predicted molar refractivity (Wildman–Crippen MR) is 169 cm³/mol. The minimum absolute atomic E-state index is 0.0405. The molecule has 0 radical (unpaired) electrons. The first-order chi connectivity index (χ1) is 21.9. The first kappa shape index (κ1) is 33.4. The zero-order chi connectivity index (χ0) is 33.2. The van der Waals surface area contributed by atoms with Crippen molar-refractivity contribution in [1.82, 2.24) is 29.4 Å². The number of carbonyl (C=O) groups excluding carboxylic acids is 1. The summed E-state index contributed by atoms with van der Waals surface area (Å²) in [4.78, 5) is 43.9. The molecule has 0 aliphatic carbocycles. The second kappa shape index (κ2) is 13.8. The number of amides is 1. The Morgan fingerprint density at radius 1 is 1.22 bits per heavy atom. The van der Waals surface area contributed by atoms with E-state index >= 15 is 0 Å². The third-order valence-corrected chi connectivity index (χ3v) is 9.14. The molecule has 13 nitrogen and oxygen atoms in total. The van der Waals surface area contributed by atoms with E-state index in [-0.39, 0.29) is 43.0 Å². The average molecular weight is 659 g/mol. The van der Waals surface area contributed by atoms with Crippen LogP contribution in [0.15, 0.2) is 40.2 Å². The number of aromatic nitrogens is 5. The lowest BCUT2D eigenvalue weighted by molar-refractivity contribution is -0.129. The molecule has 4 heterocycles. The molecule has 1 fully saturated rings. The van der Waals surface area contributed by atoms with Gasteiger partial charge < -0.3 is 24.6 Å². The number of benzene rings is 1. The summed E-state index contributed by atoms with van der Waals surface area (Å²) in [6, 6.07) is 3.74. The Morgan fingerprint density at radius 2 is 1.91 bits per heavy atom. The monoisotopic (exact) mass is 658 g/mol. The molecule has 1 aliphatic heterocycles. The number of hydrogen-bond donors (Lipinski definition) is 2. The lowest BCUT2D eigenvalue weighted by Crippen LogP contribution is -2.56. The molecule has 4 aromatic rings. The Balaban J connectivity index is 1.76. The maximum Gasteiger partial charge on any atom is 0.333 e. The van der Waals surface area contributed by atoms with Gasteiger partial charge in [0.25, 0.3) is 5.56 Å². The van der Waals surface area contributed by atoms with Gasteiger partial charge in [-0.15, -0.1) is 4.80 Å². The number of aryl methyl sites for hydroxylation is 1. The Bertz CT molecular complexity index is 1810. The fraction of sp³-hybridized carbons (Fsp3) is 0.516. The molecule has 1 aromatic carbocycles. The number of aliphatic hydroxyl groups is 1. The minimum atomic E-state index is -1.59. The standard InChI is InChI=1S/C31H39FN6O7S/c1-18(2)35-29(41)31(4,5)37-26(40)25-19(3)27(38-33-10-11-34-38)46-28(25)36(30(37)42)17-24(45-21-8-13-43-14-9-21)22-16-20(32)6-7-23(22)44-15-12-39/h6-7,10-11,16,18,21,24,39H,8-9,12-15,17H2,1-5H3,(H,35,41)/t24-/m0/s1. The number of thiophene rings is 1. The van der Waals surface area contributed by atoms with Gasteiger partial charge >= 0.3 is 5.69 Å². The van der Waals surface area contributed by atoms with Gasteiger partial charge in [-0.1, -0.05) is 11.3 Å². The van der Waals surface area contributed by atoms with E-state index in [1.807, 2.05) is 0 Å². The summed E-state index contributed by atoms with van der Waals surface area (Å²) in [6.45, 7) is 8.86. The lowest BCUT2D eigenvalue weighted by atomic mass is 10.0. The van der Waals surface area contributed by atoms with Gasteiger partial charge in [-0.2, -0.15) is 10.2 Å². The van der Waals surface area contributed by atoms with Crippen molar-refractivity contribution in [1.29, 1.82) is 0 Å². The predicted octanol–water partition coefficient (Wildman–Crippen LogP) is 2.82. The zero-order valence-electron chi connectivity index (χ0n) is 26.5. The van der Waals surface area contributed by atoms with Crippen molar-refractivity contribution >= 4 is 27.5 Å². The Morgan fingerprint density at radius 3 is 2.57 bits per heavy atom. The smallest absolute Gasteiger partial charge is 0.333 e. The molecule has 1 saturated heterocycles. The molecule has 46 heavy (non-hydrogen) atoms. The van der Waals surface area contributed by atoms with Crippen LogP contribution in [0, 0.1) is 12.7 Å². The summed E-state index contributed by atoms with van der Waals surface area (Å²) in [5.74, 6) is -0.764. The normalized spacial score (nSPS) is 15.0. The van der Waals surface area contributed by atoms with E-state index < -0.39 is 34.6 Å². The highest BCUT2D eigenvalue weighted by Gasteiger charge is 2.37. The average Bonchev–Trinajstić information content (AvgIpc) is 3.66. The van der Waals surface area contributed by atoms with Gasteiger partial charge in [0, 0.05) is 30.4 Å². The lowest BCUT2D eigenvalue weighted by Gasteiger charge is -2.31. The summed E-state index contributed by atoms with van der Waals surface area (Å²) in [5.41, 5.74) is -2.09. The molecule has 0 saturated carbocycles. The second-order valence-electron chi connectivity index (χ2n) is 11.9. The van der Waals surface area contributed by atoms with Crippen molar-refractivity contribution < 1.29 is 28.5 Å². The molecule has 0 unspecified atom stereocenters. The summed E-state index contributed by atoms with van der Waals surface area (Å²) >= 11 is 1.15. The van der Waals surface area contributed by atoms with E-state index in [1.54, 1.807) is 20.8 Å². The largest absolute Gasteiger partial charge is 0.491 e. The van der Waals surface area contributed by atoms with Gasteiger partial charge in [-0.25, -0.2) is 13.8 Å². The Hall–Kier alpha value is -3.92. The number of hydrogen-bond acceptors (Lipinski definition) is 10. The van der Waals surface area contributed by atoms with E-state index in [9.17, 15) is 23.9 Å². The Labute approximate surface area is 268 Å². The van der Waals surface area contributed by atoms with Crippen LogP contribution in [0.2, 0.25) is 0 Å². The van der Waals surface area contributed by atoms with E-state index in [0.717, 1.165) is 15.9 Å². The number of nitrogens with one attached hydrogen (secondary N) is 1. The maximum atomic E-state index is 14.8. The van der Waals surface area contributed by atoms with Gasteiger partial charge in [0.2, 0.25) is 5.91 Å². The van der Waals surface area contributed by atoms with Crippen LogP contribution in [-0.4, -0.2) is 73.7 Å². The van der Waals surface area contributed by atoms with Crippen LogP contribution in [0.1, 0.15) is 57.8 Å². The van der Waals surface area contributed by atoms with Crippen LogP contribution in [0.4, 0.5) is 4.39 Å². The van der Waals surface area contributed by atoms with Crippen LogP contribution in [0.3, 0.4) is 0 Å². The van der Waals surface area contributed by atoms with Crippen LogP contribution in [0.25, 0.3) is 15.2 Å². The Kier molecular flexibility index (Phi) is 10.1. The highest BCUT2D eigenvalue weighted by molar-refractivity contribution is 7.21. The fourth-order valence-corrected chi connectivity index (χ4v) is 6.74. The van der Waals surface area contributed by atoms with Crippen molar-refractivity contribution in [3.63, 3.8) is 0 Å². The number of rotatable bonds is 12. The first-order valence-corrected chi connectivity index (χ1v) is 16.0. The van der Waals surface area contributed by atoms with Crippen molar-refractivity contribution in [3.05, 3.63) is 68.4 Å². The van der Waals surface area contributed by atoms with Crippen LogP contribution < -0.4 is 21.3 Å². The molecular formula is C31H39FN6O7S. The number of carbonyl (C=O) groups is 1. The number of ether oxygens (including phenoxy) is 3. The SMILES string of the molecule is Cc1c(-n2nccn2)sc2c1c(=O)n(C(C)(C)C(=O)NC(C)C)c(=O)n2C[C@H](OC1CCOCC1)c1cc(F)ccc1OCCO. The number of fused-ring (bicyclic) bond motifs is 1. The minimum Gasteiger partial charge on any atom is -0.491 e. The zero-order valence-corrected chi connectivity index (χ0v) is 27.3. The van der Waals surface area contributed by atoms with Gasteiger partial charge in [-0.3, -0.25) is 14.2 Å². The van der Waals surface area contributed by atoms with Crippen LogP contribution in [-0.2, 0) is 26.4 Å². The summed E-state index contributed by atoms with van der Waals surface area (Å²) in [6.07, 6.45) is 2.97. The van der Waals surface area contributed by atoms with Crippen molar-refractivity contribution in [3.8, 4) is 10.8 Å². The molecular weight excluding hydrogens is 619 g/mol. The number of aliphatic hydroxyl groups excluding tert-OH is 1. The van der Waals surface area contributed by atoms with Gasteiger partial charge in [0.15, 0.2) is 0 Å². The highest BCUT2D eigenvalue weighted by atomic mass is 32.1. The highest BCUT2D eigenvalue weighted by Crippen LogP contribution is 2.35. The maximum absolute atomic E-state index is 14.8. The molecule has 1 atom stereocenters. The topological polar surface area (TPSA) is 152 Å².